The number of hydrogen-bond donors (Lipinski definition) is 0. The van der Waals surface area contributed by atoms with Crippen LogP contribution < -0.4 is 0 Å². The molecule has 0 saturated heterocycles. The minimum atomic E-state index is -0.593. The average molecular weight is 283 g/mol. The Labute approximate surface area is 114 Å². The van der Waals surface area contributed by atoms with Crippen LogP contribution in [0.4, 0.5) is 13.2 Å². The molecule has 0 spiro atoms. The Morgan fingerprint density at radius 1 is 1.00 bits per heavy atom. The monoisotopic (exact) mass is 282 g/mol. The van der Waals surface area contributed by atoms with E-state index in [0.29, 0.717) is 5.57 Å². The molecule has 2 rings (SSSR count). The Hall–Kier alpha value is -1.74. The molecule has 0 saturated carbocycles. The highest BCUT2D eigenvalue weighted by Gasteiger charge is 2.10. The molecule has 19 heavy (non-hydrogen) atoms. The van der Waals surface area contributed by atoms with Crippen LogP contribution in [0.5, 0.6) is 0 Å². The molecule has 4 heteroatoms. The average Bonchev–Trinajstić information content (AvgIpc) is 2.41. The molecule has 0 N–H and O–H groups in total. The maximum atomic E-state index is 13.7. The highest BCUT2D eigenvalue weighted by atomic mass is 35.5. The van der Waals surface area contributed by atoms with Gasteiger partial charge in [0.15, 0.2) is 0 Å². The summed E-state index contributed by atoms with van der Waals surface area (Å²) in [5.41, 5.74) is 0.642. The van der Waals surface area contributed by atoms with Crippen LogP contribution >= 0.6 is 11.6 Å². The molecule has 0 atom stereocenters. The lowest BCUT2D eigenvalue weighted by Crippen LogP contribution is -1.94. The van der Waals surface area contributed by atoms with E-state index in [-0.39, 0.29) is 17.0 Å². The zero-order valence-electron chi connectivity index (χ0n) is 9.84. The predicted molar refractivity (Wildman–Crippen MR) is 71.3 cm³/mol. The number of alkyl halides is 1. The molecule has 0 nitrogen and oxygen atoms in total. The highest BCUT2D eigenvalue weighted by Crippen LogP contribution is 2.24. The minimum absolute atomic E-state index is 0.0400. The van der Waals surface area contributed by atoms with Crippen LogP contribution in [-0.4, -0.2) is 5.88 Å². The summed E-state index contributed by atoms with van der Waals surface area (Å²) in [4.78, 5) is 0. The van der Waals surface area contributed by atoms with Crippen molar-refractivity contribution in [2.45, 2.75) is 0 Å². The third-order valence-corrected chi connectivity index (χ3v) is 2.94. The number of allylic oxidation sites excluding steroid dienone is 1. The predicted octanol–water partition coefficient (Wildman–Crippen LogP) is 4.88. The summed E-state index contributed by atoms with van der Waals surface area (Å²) in [6.07, 6.45) is 1.42. The van der Waals surface area contributed by atoms with Gasteiger partial charge in [-0.25, -0.2) is 13.2 Å². The third kappa shape index (κ3) is 3.18. The maximum Gasteiger partial charge on any atom is 0.130 e. The second-order valence-corrected chi connectivity index (χ2v) is 4.22. The first-order valence-corrected chi connectivity index (χ1v) is 6.12. The molecule has 0 unspecified atom stereocenters. The molecule has 0 aliphatic rings. The van der Waals surface area contributed by atoms with Gasteiger partial charge in [0.05, 0.1) is 0 Å². The van der Waals surface area contributed by atoms with E-state index in [1.807, 2.05) is 0 Å². The standard InChI is InChI=1S/C15H10ClF3/c16-9-11(7-10-3-1-2-4-14(10)18)13-8-12(17)5-6-15(13)19/h1-8H,9H2/b11-7+. The third-order valence-electron chi connectivity index (χ3n) is 2.65. The Kier molecular flexibility index (Phi) is 4.27. The van der Waals surface area contributed by atoms with E-state index in [4.69, 9.17) is 11.6 Å². The lowest BCUT2D eigenvalue weighted by molar-refractivity contribution is 0.597. The quantitative estimate of drug-likeness (QED) is 0.556. The Morgan fingerprint density at radius 2 is 1.74 bits per heavy atom. The summed E-state index contributed by atoms with van der Waals surface area (Å²) >= 11 is 5.75. The van der Waals surface area contributed by atoms with Crippen molar-refractivity contribution in [1.29, 1.82) is 0 Å². The van der Waals surface area contributed by atoms with Crippen molar-refractivity contribution in [3.63, 3.8) is 0 Å². The first-order valence-electron chi connectivity index (χ1n) is 5.58. The van der Waals surface area contributed by atoms with Gasteiger partial charge in [0.25, 0.3) is 0 Å². The van der Waals surface area contributed by atoms with Gasteiger partial charge < -0.3 is 0 Å². The fourth-order valence-electron chi connectivity index (χ4n) is 1.71. The van der Waals surface area contributed by atoms with Gasteiger partial charge in [0.2, 0.25) is 0 Å². The highest BCUT2D eigenvalue weighted by molar-refractivity contribution is 6.24. The summed E-state index contributed by atoms with van der Waals surface area (Å²) in [5.74, 6) is -1.65. The molecular weight excluding hydrogens is 273 g/mol. The lowest BCUT2D eigenvalue weighted by atomic mass is 10.0. The van der Waals surface area contributed by atoms with Crippen molar-refractivity contribution in [3.05, 3.63) is 71.0 Å². The van der Waals surface area contributed by atoms with E-state index in [9.17, 15) is 13.2 Å². The van der Waals surface area contributed by atoms with Crippen molar-refractivity contribution >= 4 is 23.3 Å². The van der Waals surface area contributed by atoms with Gasteiger partial charge in [0.1, 0.15) is 17.5 Å². The van der Waals surface area contributed by atoms with Crippen LogP contribution in [0.1, 0.15) is 11.1 Å². The fourth-order valence-corrected chi connectivity index (χ4v) is 1.93. The number of benzene rings is 2. The lowest BCUT2D eigenvalue weighted by Gasteiger charge is -2.07. The van der Waals surface area contributed by atoms with Gasteiger partial charge in [-0.1, -0.05) is 18.2 Å². The van der Waals surface area contributed by atoms with Crippen LogP contribution in [-0.2, 0) is 0 Å². The van der Waals surface area contributed by atoms with E-state index < -0.39 is 17.5 Å². The van der Waals surface area contributed by atoms with Crippen LogP contribution in [0.15, 0.2) is 42.5 Å². The van der Waals surface area contributed by atoms with E-state index >= 15 is 0 Å². The zero-order valence-corrected chi connectivity index (χ0v) is 10.6. The molecule has 0 bridgehead atoms. The molecular formula is C15H10ClF3. The van der Waals surface area contributed by atoms with Crippen molar-refractivity contribution in [3.8, 4) is 0 Å². The molecule has 98 valence electrons. The van der Waals surface area contributed by atoms with E-state index in [0.717, 1.165) is 18.2 Å². The van der Waals surface area contributed by atoms with Crippen molar-refractivity contribution in [2.24, 2.45) is 0 Å². The van der Waals surface area contributed by atoms with Gasteiger partial charge in [-0.3, -0.25) is 0 Å². The number of rotatable bonds is 3. The van der Waals surface area contributed by atoms with Gasteiger partial charge in [0, 0.05) is 17.0 Å². The molecule has 0 aliphatic heterocycles. The largest absolute Gasteiger partial charge is 0.207 e. The van der Waals surface area contributed by atoms with Gasteiger partial charge >= 0.3 is 0 Å². The summed E-state index contributed by atoms with van der Waals surface area (Å²) < 4.78 is 40.3. The smallest absolute Gasteiger partial charge is 0.130 e. The summed E-state index contributed by atoms with van der Waals surface area (Å²) in [5, 5.41) is 0. The SMILES string of the molecule is Fc1ccc(F)c(/C(=C/c2ccccc2F)CCl)c1. The van der Waals surface area contributed by atoms with E-state index in [1.165, 1.54) is 12.1 Å². The maximum absolute atomic E-state index is 13.7. The summed E-state index contributed by atoms with van der Waals surface area (Å²) in [7, 11) is 0. The minimum Gasteiger partial charge on any atom is -0.207 e. The van der Waals surface area contributed by atoms with Gasteiger partial charge in [-0.2, -0.15) is 0 Å². The van der Waals surface area contributed by atoms with E-state index in [2.05, 4.69) is 0 Å². The normalized spacial score (nSPS) is 11.7. The first-order chi connectivity index (χ1) is 9.11. The Bertz CT molecular complexity index is 621. The molecule has 0 amide bonds. The second kappa shape index (κ2) is 5.93. The number of hydrogen-bond acceptors (Lipinski definition) is 0. The van der Waals surface area contributed by atoms with Gasteiger partial charge in [-0.15, -0.1) is 11.6 Å². The van der Waals surface area contributed by atoms with Crippen molar-refractivity contribution < 1.29 is 13.2 Å². The Morgan fingerprint density at radius 3 is 2.42 bits per heavy atom. The van der Waals surface area contributed by atoms with Crippen LogP contribution in [0.3, 0.4) is 0 Å². The molecule has 0 heterocycles. The zero-order chi connectivity index (χ0) is 13.8. The molecule has 2 aromatic carbocycles. The Balaban J connectivity index is 2.51. The van der Waals surface area contributed by atoms with Crippen LogP contribution in [0.25, 0.3) is 11.6 Å². The van der Waals surface area contributed by atoms with Crippen LogP contribution in [0, 0.1) is 17.5 Å². The van der Waals surface area contributed by atoms with Gasteiger partial charge in [-0.05, 0) is 35.9 Å². The molecule has 0 aliphatic carbocycles. The summed E-state index contributed by atoms with van der Waals surface area (Å²) in [6.45, 7) is 0. The number of halogens is 4. The molecule has 0 radical (unpaired) electrons. The molecule has 2 aromatic rings. The van der Waals surface area contributed by atoms with Crippen molar-refractivity contribution in [2.75, 3.05) is 5.88 Å². The molecule has 0 fully saturated rings. The first kappa shape index (κ1) is 13.7. The van der Waals surface area contributed by atoms with Crippen molar-refractivity contribution in [1.82, 2.24) is 0 Å². The van der Waals surface area contributed by atoms with Crippen LogP contribution in [0.2, 0.25) is 0 Å². The second-order valence-electron chi connectivity index (χ2n) is 3.95. The molecule has 0 aromatic heterocycles. The summed E-state index contributed by atoms with van der Waals surface area (Å²) in [6, 6.07) is 9.13. The van der Waals surface area contributed by atoms with E-state index in [1.54, 1.807) is 18.2 Å². The fraction of sp³-hybridized carbons (Fsp3) is 0.0667. The topological polar surface area (TPSA) is 0 Å².